The highest BCUT2D eigenvalue weighted by Gasteiger charge is 2.50. The number of ether oxygens (including phenoxy) is 1. The summed E-state index contributed by atoms with van der Waals surface area (Å²) in [5.74, 6) is 2.63. The number of carbonyl (C=O) groups is 1. The van der Waals surface area contributed by atoms with Gasteiger partial charge in [0.15, 0.2) is 0 Å². The first kappa shape index (κ1) is 22.5. The monoisotopic (exact) mass is 437 g/mol. The van der Waals surface area contributed by atoms with Crippen LogP contribution in [-0.4, -0.2) is 32.4 Å². The molecule has 1 aromatic rings. The number of aliphatic imine (C=N–C) groups is 1. The van der Waals surface area contributed by atoms with Gasteiger partial charge in [0.05, 0.1) is 20.2 Å². The van der Waals surface area contributed by atoms with Crippen molar-refractivity contribution in [2.45, 2.75) is 83.0 Å². The van der Waals surface area contributed by atoms with Crippen molar-refractivity contribution < 1.29 is 9.53 Å². The minimum atomic E-state index is -1.64. The minimum absolute atomic E-state index is 0.101. The van der Waals surface area contributed by atoms with Gasteiger partial charge in [-0.05, 0) is 81.2 Å². The Balaban J connectivity index is 1.51. The van der Waals surface area contributed by atoms with Crippen LogP contribution < -0.4 is 5.19 Å². The highest BCUT2D eigenvalue weighted by atomic mass is 28.3. The van der Waals surface area contributed by atoms with E-state index in [0.717, 1.165) is 30.2 Å². The summed E-state index contributed by atoms with van der Waals surface area (Å²) in [7, 11) is -1.64. The molecule has 4 bridgehead atoms. The third-order valence-electron chi connectivity index (χ3n) is 7.77. The molecule has 0 saturated heterocycles. The summed E-state index contributed by atoms with van der Waals surface area (Å²) in [6.45, 7) is 7.21. The van der Waals surface area contributed by atoms with Crippen LogP contribution in [0.1, 0.15) is 58.3 Å². The van der Waals surface area contributed by atoms with E-state index < -0.39 is 8.07 Å². The van der Waals surface area contributed by atoms with E-state index in [1.165, 1.54) is 49.3 Å². The van der Waals surface area contributed by atoms with Crippen molar-refractivity contribution in [3.8, 4) is 0 Å². The van der Waals surface area contributed by atoms with Crippen LogP contribution in [0.25, 0.3) is 0 Å². The van der Waals surface area contributed by atoms with Crippen LogP contribution in [0.3, 0.4) is 0 Å². The zero-order valence-electron chi connectivity index (χ0n) is 19.6. The quantitative estimate of drug-likeness (QED) is 0.274. The van der Waals surface area contributed by atoms with Gasteiger partial charge in [-0.25, -0.2) is 0 Å². The van der Waals surface area contributed by atoms with E-state index in [9.17, 15) is 4.79 Å². The van der Waals surface area contributed by atoms with Crippen molar-refractivity contribution >= 4 is 25.4 Å². The van der Waals surface area contributed by atoms with E-state index in [1.54, 1.807) is 0 Å². The first-order valence-electron chi connectivity index (χ1n) is 12.3. The second kappa shape index (κ2) is 9.44. The summed E-state index contributed by atoms with van der Waals surface area (Å²) in [4.78, 5) is 17.2. The predicted molar refractivity (Wildman–Crippen MR) is 132 cm³/mol. The maximum Gasteiger partial charge on any atom is 0.306 e. The molecule has 0 atom stereocenters. The fourth-order valence-electron chi connectivity index (χ4n) is 6.72. The lowest BCUT2D eigenvalue weighted by Crippen LogP contribution is -2.49. The molecule has 0 aromatic heterocycles. The second-order valence-corrected chi connectivity index (χ2v) is 15.6. The molecular weight excluding hydrogens is 398 g/mol. The Morgan fingerprint density at radius 2 is 1.71 bits per heavy atom. The standard InChI is InChI=1S/C27H39NO2Si/c1-4-30-26(29)12-8-9-21(20-31(2,3)25-10-6-5-7-11-25)19-28-27-16-22-13-23(17-27)15-24(14-22)18-27/h5-7,9-11,19,22-24H,4,8,12-18,20H2,1-3H3/b21-9+,28-19?. The molecule has 1 aromatic carbocycles. The highest BCUT2D eigenvalue weighted by Crippen LogP contribution is 2.57. The maximum absolute atomic E-state index is 11.8. The van der Waals surface area contributed by atoms with Gasteiger partial charge in [0, 0.05) is 12.6 Å². The number of carbonyl (C=O) groups excluding carboxylic acids is 1. The van der Waals surface area contributed by atoms with Crippen molar-refractivity contribution in [3.05, 3.63) is 42.0 Å². The van der Waals surface area contributed by atoms with Gasteiger partial charge in [0.2, 0.25) is 0 Å². The number of hydrogen-bond acceptors (Lipinski definition) is 3. The van der Waals surface area contributed by atoms with E-state index in [0.29, 0.717) is 13.0 Å². The van der Waals surface area contributed by atoms with Gasteiger partial charge in [0.1, 0.15) is 0 Å². The molecular formula is C27H39NO2Si. The fourth-order valence-corrected chi connectivity index (χ4v) is 9.28. The van der Waals surface area contributed by atoms with Crippen LogP contribution in [0.4, 0.5) is 0 Å². The highest BCUT2D eigenvalue weighted by molar-refractivity contribution is 6.90. The third-order valence-corrected chi connectivity index (χ3v) is 11.0. The number of hydrogen-bond donors (Lipinski definition) is 0. The fraction of sp³-hybridized carbons (Fsp3) is 0.630. The summed E-state index contributed by atoms with van der Waals surface area (Å²) in [6, 6.07) is 12.0. The van der Waals surface area contributed by atoms with Gasteiger partial charge in [-0.15, -0.1) is 0 Å². The Kier molecular flexibility index (Phi) is 6.85. The molecule has 31 heavy (non-hydrogen) atoms. The Hall–Kier alpha value is -1.68. The Bertz CT molecular complexity index is 792. The van der Waals surface area contributed by atoms with Crippen molar-refractivity contribution in [3.63, 3.8) is 0 Å². The molecule has 0 amide bonds. The molecule has 4 aliphatic carbocycles. The Morgan fingerprint density at radius 1 is 1.10 bits per heavy atom. The van der Waals surface area contributed by atoms with Crippen LogP contribution in [0.5, 0.6) is 0 Å². The summed E-state index contributed by atoms with van der Waals surface area (Å²) in [6.07, 6.45) is 13.9. The number of rotatable bonds is 9. The zero-order valence-corrected chi connectivity index (χ0v) is 20.6. The topological polar surface area (TPSA) is 38.7 Å². The first-order valence-corrected chi connectivity index (χ1v) is 15.5. The van der Waals surface area contributed by atoms with E-state index >= 15 is 0 Å². The van der Waals surface area contributed by atoms with Crippen LogP contribution in [0.15, 0.2) is 47.0 Å². The predicted octanol–water partition coefficient (Wildman–Crippen LogP) is 5.91. The van der Waals surface area contributed by atoms with Crippen LogP contribution in [0, 0.1) is 17.8 Å². The Morgan fingerprint density at radius 3 is 2.29 bits per heavy atom. The summed E-state index contributed by atoms with van der Waals surface area (Å²) >= 11 is 0. The summed E-state index contributed by atoms with van der Waals surface area (Å²) < 4.78 is 5.13. The van der Waals surface area contributed by atoms with Gasteiger partial charge in [-0.1, -0.05) is 54.7 Å². The van der Waals surface area contributed by atoms with Gasteiger partial charge < -0.3 is 4.74 Å². The van der Waals surface area contributed by atoms with E-state index in [2.05, 4.69) is 55.7 Å². The van der Waals surface area contributed by atoms with E-state index in [1.807, 2.05) is 6.92 Å². The van der Waals surface area contributed by atoms with Crippen molar-refractivity contribution in [2.75, 3.05) is 6.61 Å². The summed E-state index contributed by atoms with van der Waals surface area (Å²) in [5, 5.41) is 1.48. The third kappa shape index (κ3) is 5.57. The van der Waals surface area contributed by atoms with Crippen molar-refractivity contribution in [2.24, 2.45) is 22.7 Å². The van der Waals surface area contributed by atoms with Crippen molar-refractivity contribution in [1.82, 2.24) is 0 Å². The number of allylic oxidation sites excluding steroid dienone is 2. The molecule has 0 aliphatic heterocycles. The van der Waals surface area contributed by atoms with Crippen molar-refractivity contribution in [1.29, 1.82) is 0 Å². The van der Waals surface area contributed by atoms with Gasteiger partial charge >= 0.3 is 5.97 Å². The first-order chi connectivity index (χ1) is 14.9. The summed E-state index contributed by atoms with van der Waals surface area (Å²) in [5.41, 5.74) is 1.52. The molecule has 4 heteroatoms. The molecule has 4 aliphatic rings. The van der Waals surface area contributed by atoms with Crippen LogP contribution >= 0.6 is 0 Å². The molecule has 168 valence electrons. The Labute approximate surface area is 189 Å². The zero-order chi connectivity index (χ0) is 21.9. The molecule has 0 heterocycles. The van der Waals surface area contributed by atoms with Crippen LogP contribution in [-0.2, 0) is 9.53 Å². The molecule has 0 unspecified atom stereocenters. The lowest BCUT2D eigenvalue weighted by atomic mass is 9.53. The number of nitrogens with zero attached hydrogens (tertiary/aromatic N) is 1. The smallest absolute Gasteiger partial charge is 0.306 e. The molecule has 5 rings (SSSR count). The normalized spacial score (nSPS) is 30.2. The molecule has 0 radical (unpaired) electrons. The van der Waals surface area contributed by atoms with Gasteiger partial charge in [0.25, 0.3) is 0 Å². The molecule has 4 fully saturated rings. The van der Waals surface area contributed by atoms with Gasteiger partial charge in [-0.3, -0.25) is 9.79 Å². The molecule has 4 saturated carbocycles. The molecule has 3 nitrogen and oxygen atoms in total. The number of benzene rings is 1. The number of esters is 1. The lowest BCUT2D eigenvalue weighted by molar-refractivity contribution is -0.143. The molecule has 0 N–H and O–H groups in total. The lowest BCUT2D eigenvalue weighted by Gasteiger charge is -2.55. The minimum Gasteiger partial charge on any atom is -0.466 e. The largest absolute Gasteiger partial charge is 0.466 e. The van der Waals surface area contributed by atoms with E-state index in [-0.39, 0.29) is 11.5 Å². The SMILES string of the molecule is CCOC(=O)CC/C=C(\C=NC12CC3CC(CC(C3)C1)C2)C[Si](C)(C)c1ccccc1. The van der Waals surface area contributed by atoms with E-state index in [4.69, 9.17) is 9.73 Å². The average molecular weight is 438 g/mol. The van der Waals surface area contributed by atoms with Crippen LogP contribution in [0.2, 0.25) is 19.1 Å². The average Bonchev–Trinajstić information content (AvgIpc) is 2.72. The molecule has 0 spiro atoms. The van der Waals surface area contributed by atoms with Gasteiger partial charge in [-0.2, -0.15) is 0 Å². The second-order valence-electron chi connectivity index (χ2n) is 10.9. The maximum atomic E-state index is 11.8.